The Morgan fingerprint density at radius 2 is 1.79 bits per heavy atom. The number of benzene rings is 1. The molecule has 0 radical (unpaired) electrons. The van der Waals surface area contributed by atoms with Crippen LogP contribution in [-0.2, 0) is 0 Å². The Morgan fingerprint density at radius 3 is 2.54 bits per heavy atom. The highest BCUT2D eigenvalue weighted by molar-refractivity contribution is 6.30. The Morgan fingerprint density at radius 1 is 1.00 bits per heavy atom. The van der Waals surface area contributed by atoms with Gasteiger partial charge >= 0.3 is 0 Å². The number of hydrogen-bond acceptors (Lipinski definition) is 2. The van der Waals surface area contributed by atoms with Crippen LogP contribution in [0.25, 0.3) is 11.1 Å². The molecule has 1 saturated carbocycles. The minimum Gasteiger partial charge on any atom is -0.327 e. The largest absolute Gasteiger partial charge is 0.327 e. The lowest BCUT2D eigenvalue weighted by Crippen LogP contribution is -2.72. The molecule has 2 aromatic rings. The average molecular weight is 341 g/mol. The maximum Gasteiger partial charge on any atom is 0.152 e. The zero-order chi connectivity index (χ0) is 16.3. The van der Waals surface area contributed by atoms with Gasteiger partial charge in [-0.25, -0.2) is 0 Å². The fraction of sp³-hybridized carbons (Fsp3) is 0.450. The van der Waals surface area contributed by atoms with Gasteiger partial charge in [-0.3, -0.25) is 9.47 Å². The summed E-state index contributed by atoms with van der Waals surface area (Å²) in [6, 6.07) is 10.8. The van der Waals surface area contributed by atoms with Gasteiger partial charge in [0.15, 0.2) is 5.69 Å². The molecule has 124 valence electrons. The van der Waals surface area contributed by atoms with Crippen molar-refractivity contribution in [1.29, 1.82) is 0 Å². The number of quaternary nitrogens is 1. The first-order valence-electron chi connectivity index (χ1n) is 8.96. The highest BCUT2D eigenvalue weighted by Gasteiger charge is 2.56. The van der Waals surface area contributed by atoms with Gasteiger partial charge in [0.2, 0.25) is 0 Å². The van der Waals surface area contributed by atoms with E-state index in [1.54, 1.807) is 0 Å². The minimum absolute atomic E-state index is 0.414. The monoisotopic (exact) mass is 340 g/mol. The molecule has 4 heterocycles. The van der Waals surface area contributed by atoms with Crippen molar-refractivity contribution in [3.05, 3.63) is 47.7 Å². The van der Waals surface area contributed by atoms with Gasteiger partial charge in [0.25, 0.3) is 0 Å². The summed E-state index contributed by atoms with van der Waals surface area (Å²) < 4.78 is 1.09. The maximum atomic E-state index is 6.50. The summed E-state index contributed by atoms with van der Waals surface area (Å²) in [5.41, 5.74) is 10.2. The molecule has 2 unspecified atom stereocenters. The molecule has 3 nitrogen and oxygen atoms in total. The summed E-state index contributed by atoms with van der Waals surface area (Å²) >= 11 is 6.17. The second kappa shape index (κ2) is 5.29. The normalized spacial score (nSPS) is 36.9. The molecule has 24 heavy (non-hydrogen) atoms. The van der Waals surface area contributed by atoms with Crippen LogP contribution in [0.5, 0.6) is 0 Å². The second-order valence-electron chi connectivity index (χ2n) is 8.07. The first kappa shape index (κ1) is 14.9. The number of pyridine rings is 1. The summed E-state index contributed by atoms with van der Waals surface area (Å²) in [7, 11) is 0. The summed E-state index contributed by atoms with van der Waals surface area (Å²) in [4.78, 5) is 4.58. The fourth-order valence-corrected chi connectivity index (χ4v) is 5.83. The van der Waals surface area contributed by atoms with Gasteiger partial charge in [0.1, 0.15) is 0 Å². The third kappa shape index (κ3) is 2.22. The molecule has 3 saturated heterocycles. The molecular weight excluding hydrogens is 318 g/mol. The fourth-order valence-electron chi connectivity index (χ4n) is 5.64. The van der Waals surface area contributed by atoms with E-state index in [0.717, 1.165) is 26.6 Å². The SMILES string of the molecule is NC1C2CC3CC1C[N+](c1cncc(-c4cccc(Cl)c4)c1)(C3)C2. The summed E-state index contributed by atoms with van der Waals surface area (Å²) in [6.07, 6.45) is 6.69. The molecule has 2 N–H and O–H groups in total. The van der Waals surface area contributed by atoms with Crippen LogP contribution in [0, 0.1) is 17.8 Å². The lowest BCUT2D eigenvalue weighted by Gasteiger charge is -2.59. The Labute approximate surface area is 148 Å². The molecular formula is C20H23ClN3+. The van der Waals surface area contributed by atoms with Crippen molar-refractivity contribution in [2.45, 2.75) is 18.9 Å². The number of hydrogen-bond donors (Lipinski definition) is 1. The topological polar surface area (TPSA) is 38.9 Å². The van der Waals surface area contributed by atoms with Crippen LogP contribution in [0.2, 0.25) is 5.02 Å². The number of rotatable bonds is 2. The number of nitrogens with zero attached hydrogens (tertiary/aromatic N) is 2. The van der Waals surface area contributed by atoms with Gasteiger partial charge in [-0.05, 0) is 30.5 Å². The predicted octanol–water partition coefficient (Wildman–Crippen LogP) is 3.71. The Balaban J connectivity index is 1.55. The van der Waals surface area contributed by atoms with E-state index in [4.69, 9.17) is 17.3 Å². The van der Waals surface area contributed by atoms with Crippen molar-refractivity contribution in [3.63, 3.8) is 0 Å². The van der Waals surface area contributed by atoms with E-state index in [-0.39, 0.29) is 0 Å². The number of halogens is 1. The molecule has 4 aliphatic rings. The molecule has 2 atom stereocenters. The lowest BCUT2D eigenvalue weighted by atomic mass is 9.64. The predicted molar refractivity (Wildman–Crippen MR) is 98.8 cm³/mol. The summed E-state index contributed by atoms with van der Waals surface area (Å²) in [6.45, 7) is 3.64. The molecule has 6 rings (SSSR count). The van der Waals surface area contributed by atoms with E-state index in [1.807, 2.05) is 24.4 Å². The van der Waals surface area contributed by atoms with Gasteiger partial charge < -0.3 is 5.73 Å². The maximum absolute atomic E-state index is 6.50. The molecule has 1 aliphatic carbocycles. The van der Waals surface area contributed by atoms with E-state index in [2.05, 4.69) is 23.3 Å². The van der Waals surface area contributed by atoms with Gasteiger partial charge in [0, 0.05) is 46.6 Å². The molecule has 4 bridgehead atoms. The first-order valence-corrected chi connectivity index (χ1v) is 9.34. The molecule has 4 heteroatoms. The molecule has 0 spiro atoms. The second-order valence-corrected chi connectivity index (χ2v) is 8.51. The molecule has 3 aliphatic heterocycles. The number of nitrogens with two attached hydrogens (primary N) is 1. The van der Waals surface area contributed by atoms with Crippen LogP contribution < -0.4 is 10.2 Å². The molecule has 1 aromatic carbocycles. The quantitative estimate of drug-likeness (QED) is 0.846. The van der Waals surface area contributed by atoms with Crippen LogP contribution in [-0.4, -0.2) is 30.7 Å². The van der Waals surface area contributed by atoms with Crippen LogP contribution in [0.4, 0.5) is 5.69 Å². The molecule has 0 amide bonds. The Hall–Kier alpha value is -1.42. The highest BCUT2D eigenvalue weighted by Crippen LogP contribution is 2.49. The summed E-state index contributed by atoms with van der Waals surface area (Å²) in [5, 5.41) is 0.771. The van der Waals surface area contributed by atoms with Gasteiger partial charge in [-0.2, -0.15) is 0 Å². The van der Waals surface area contributed by atoms with Gasteiger partial charge in [-0.15, -0.1) is 0 Å². The first-order chi connectivity index (χ1) is 11.6. The van der Waals surface area contributed by atoms with Crippen molar-refractivity contribution >= 4 is 17.3 Å². The van der Waals surface area contributed by atoms with Crippen LogP contribution in [0.1, 0.15) is 12.8 Å². The van der Waals surface area contributed by atoms with E-state index in [9.17, 15) is 0 Å². The Kier molecular flexibility index (Phi) is 3.28. The zero-order valence-corrected chi connectivity index (χ0v) is 14.5. The van der Waals surface area contributed by atoms with E-state index in [0.29, 0.717) is 17.9 Å². The van der Waals surface area contributed by atoms with E-state index >= 15 is 0 Å². The smallest absolute Gasteiger partial charge is 0.152 e. The summed E-state index contributed by atoms with van der Waals surface area (Å²) in [5.74, 6) is 2.22. The number of piperidine rings is 3. The van der Waals surface area contributed by atoms with Crippen LogP contribution in [0.15, 0.2) is 42.7 Å². The van der Waals surface area contributed by atoms with Crippen LogP contribution in [0.3, 0.4) is 0 Å². The third-order valence-corrected chi connectivity index (χ3v) is 6.80. The van der Waals surface area contributed by atoms with Gasteiger partial charge in [0.05, 0.1) is 25.8 Å². The highest BCUT2D eigenvalue weighted by atomic mass is 35.5. The van der Waals surface area contributed by atoms with Crippen LogP contribution >= 0.6 is 11.6 Å². The van der Waals surface area contributed by atoms with Crippen molar-refractivity contribution < 1.29 is 0 Å². The van der Waals surface area contributed by atoms with Crippen molar-refractivity contribution in [2.75, 3.05) is 19.6 Å². The van der Waals surface area contributed by atoms with Gasteiger partial charge in [-0.1, -0.05) is 23.7 Å². The standard InChI is InChI=1S/C20H23ClN3/c21-18-3-1-2-14(6-18)15-7-19(9-23-8-15)24-10-13-4-16(11-24)20(22)17(5-13)12-24/h1-3,6-9,13,16-17,20H,4-5,10-12,22H2/q+1. The lowest BCUT2D eigenvalue weighted by molar-refractivity contribution is -0.0283. The molecule has 1 aromatic heterocycles. The Bertz CT molecular complexity index is 774. The molecule has 4 fully saturated rings. The minimum atomic E-state index is 0.414. The van der Waals surface area contributed by atoms with Crippen molar-refractivity contribution in [1.82, 2.24) is 9.47 Å². The average Bonchev–Trinajstić information content (AvgIpc) is 2.59. The van der Waals surface area contributed by atoms with E-state index in [1.165, 1.54) is 38.2 Å². The van der Waals surface area contributed by atoms with Crippen molar-refractivity contribution in [2.24, 2.45) is 23.5 Å². The van der Waals surface area contributed by atoms with Crippen molar-refractivity contribution in [3.8, 4) is 11.1 Å². The van der Waals surface area contributed by atoms with E-state index < -0.39 is 0 Å². The number of aromatic nitrogens is 1. The zero-order valence-electron chi connectivity index (χ0n) is 13.7. The third-order valence-electron chi connectivity index (χ3n) is 6.57.